The van der Waals surface area contributed by atoms with Crippen molar-refractivity contribution in [3.05, 3.63) is 59.9 Å². The highest BCUT2D eigenvalue weighted by Gasteiger charge is 2.46. The van der Waals surface area contributed by atoms with Gasteiger partial charge in [0.05, 0.1) is 13.0 Å². The van der Waals surface area contributed by atoms with Gasteiger partial charge >= 0.3 is 5.97 Å². The number of nitrogens with zero attached hydrogens (tertiary/aromatic N) is 2. The number of amides is 1. The molecule has 0 saturated carbocycles. The number of pyridine rings is 1. The molecule has 1 unspecified atom stereocenters. The van der Waals surface area contributed by atoms with Crippen LogP contribution in [0, 0.1) is 0 Å². The molecule has 6 nitrogen and oxygen atoms in total. The quantitative estimate of drug-likeness (QED) is 0.857. The number of carboxylic acid groups (broad SMARTS) is 1. The number of halogens is 1. The number of alkyl halides is 1. The lowest BCUT2D eigenvalue weighted by molar-refractivity contribution is -0.150. The average Bonchev–Trinajstić information content (AvgIpc) is 3.05. The summed E-state index contributed by atoms with van der Waals surface area (Å²) in [5.41, 5.74) is -0.686. The lowest BCUT2D eigenvalue weighted by Crippen LogP contribution is -2.39. The average molecular weight is 358 g/mol. The number of likely N-dealkylation sites (tertiary alicyclic amines) is 1. The second-order valence-corrected chi connectivity index (χ2v) is 6.31. The van der Waals surface area contributed by atoms with Gasteiger partial charge in [0.15, 0.2) is 0 Å². The van der Waals surface area contributed by atoms with Gasteiger partial charge in [-0.1, -0.05) is 18.2 Å². The highest BCUT2D eigenvalue weighted by Crippen LogP contribution is 2.26. The Labute approximate surface area is 150 Å². The molecule has 1 atom stereocenters. The molecule has 1 amide bonds. The molecule has 1 aliphatic rings. The Balaban J connectivity index is 1.58. The maximum absolute atomic E-state index is 14.1. The van der Waals surface area contributed by atoms with E-state index in [4.69, 9.17) is 9.84 Å². The predicted octanol–water partition coefficient (Wildman–Crippen LogP) is 2.23. The van der Waals surface area contributed by atoms with Gasteiger partial charge in [-0.3, -0.25) is 9.78 Å². The molecule has 1 saturated heterocycles. The summed E-state index contributed by atoms with van der Waals surface area (Å²) in [5, 5.41) is 8.92. The molecule has 3 rings (SSSR count). The highest BCUT2D eigenvalue weighted by molar-refractivity contribution is 5.83. The monoisotopic (exact) mass is 358 g/mol. The molecule has 0 bridgehead atoms. The zero-order valence-electron chi connectivity index (χ0n) is 14.1. The zero-order chi connectivity index (χ0) is 18.6. The number of benzene rings is 1. The second-order valence-electron chi connectivity index (χ2n) is 6.31. The van der Waals surface area contributed by atoms with Crippen molar-refractivity contribution in [3.63, 3.8) is 0 Å². The minimum Gasteiger partial charge on any atom is -0.489 e. The largest absolute Gasteiger partial charge is 0.489 e. The Kier molecular flexibility index (Phi) is 5.16. The molecule has 7 heteroatoms. The van der Waals surface area contributed by atoms with Crippen LogP contribution in [0.2, 0.25) is 0 Å². The van der Waals surface area contributed by atoms with Gasteiger partial charge in [0.1, 0.15) is 12.4 Å². The van der Waals surface area contributed by atoms with E-state index in [0.717, 1.165) is 11.1 Å². The fraction of sp³-hybridized carbons (Fsp3) is 0.316. The third kappa shape index (κ3) is 4.17. The van der Waals surface area contributed by atoms with Crippen molar-refractivity contribution in [2.24, 2.45) is 0 Å². The zero-order valence-corrected chi connectivity index (χ0v) is 14.1. The lowest BCUT2D eigenvalue weighted by atomic mass is 10.1. The Morgan fingerprint density at radius 2 is 2.08 bits per heavy atom. The third-order valence-electron chi connectivity index (χ3n) is 4.34. The molecule has 0 radical (unpaired) electrons. The number of ether oxygens (including phenoxy) is 1. The van der Waals surface area contributed by atoms with E-state index in [1.54, 1.807) is 36.7 Å². The number of carbonyl (C=O) groups excluding carboxylic acids is 1. The molecule has 1 aromatic carbocycles. The topological polar surface area (TPSA) is 79.7 Å². The van der Waals surface area contributed by atoms with E-state index in [1.807, 2.05) is 12.1 Å². The molecule has 1 fully saturated rings. The molecule has 2 heterocycles. The van der Waals surface area contributed by atoms with Gasteiger partial charge in [0.25, 0.3) is 0 Å². The predicted molar refractivity (Wildman–Crippen MR) is 91.4 cm³/mol. The summed E-state index contributed by atoms with van der Waals surface area (Å²) in [6.45, 7) is 0.0670. The summed E-state index contributed by atoms with van der Waals surface area (Å²) in [7, 11) is 0. The van der Waals surface area contributed by atoms with E-state index < -0.39 is 18.2 Å². The first-order chi connectivity index (χ1) is 12.5. The van der Waals surface area contributed by atoms with E-state index in [9.17, 15) is 14.0 Å². The number of carboxylic acids is 1. The van der Waals surface area contributed by atoms with Crippen molar-refractivity contribution in [1.82, 2.24) is 9.88 Å². The normalized spacial score (nSPS) is 19.3. The first-order valence-electron chi connectivity index (χ1n) is 8.27. The molecule has 1 N–H and O–H groups in total. The first-order valence-corrected chi connectivity index (χ1v) is 8.27. The second kappa shape index (κ2) is 7.51. The molecule has 1 aromatic heterocycles. The Bertz CT molecular complexity index is 799. The minimum atomic E-state index is -2.34. The van der Waals surface area contributed by atoms with Crippen LogP contribution in [0.15, 0.2) is 48.8 Å². The van der Waals surface area contributed by atoms with Crippen LogP contribution in [-0.2, 0) is 22.6 Å². The number of hydrogen-bond acceptors (Lipinski definition) is 4. The molecular weight excluding hydrogens is 339 g/mol. The van der Waals surface area contributed by atoms with Crippen LogP contribution in [0.5, 0.6) is 5.75 Å². The van der Waals surface area contributed by atoms with Gasteiger partial charge in [-0.2, -0.15) is 0 Å². The van der Waals surface area contributed by atoms with Crippen molar-refractivity contribution in [1.29, 1.82) is 0 Å². The van der Waals surface area contributed by atoms with Crippen LogP contribution in [0.25, 0.3) is 0 Å². The number of aliphatic carboxylic acids is 1. The van der Waals surface area contributed by atoms with Crippen molar-refractivity contribution < 1.29 is 23.8 Å². The van der Waals surface area contributed by atoms with Gasteiger partial charge in [-0.05, 0) is 23.8 Å². The minimum absolute atomic E-state index is 0.0692. The molecule has 0 aliphatic carbocycles. The molecule has 1 aliphatic heterocycles. The van der Waals surface area contributed by atoms with Crippen LogP contribution < -0.4 is 4.74 Å². The van der Waals surface area contributed by atoms with Gasteiger partial charge in [-0.25, -0.2) is 9.18 Å². The maximum atomic E-state index is 14.1. The lowest BCUT2D eigenvalue weighted by Gasteiger charge is -2.18. The van der Waals surface area contributed by atoms with Crippen LogP contribution >= 0.6 is 0 Å². The molecule has 0 spiro atoms. The van der Waals surface area contributed by atoms with Crippen LogP contribution in [-0.4, -0.2) is 45.6 Å². The number of carbonyl (C=O) groups is 2. The van der Waals surface area contributed by atoms with E-state index in [1.165, 1.54) is 4.90 Å². The van der Waals surface area contributed by atoms with Crippen LogP contribution in [0.4, 0.5) is 4.39 Å². The summed E-state index contributed by atoms with van der Waals surface area (Å²) in [4.78, 5) is 28.6. The van der Waals surface area contributed by atoms with Gasteiger partial charge < -0.3 is 14.7 Å². The number of hydrogen-bond donors (Lipinski definition) is 1. The number of rotatable bonds is 6. The van der Waals surface area contributed by atoms with E-state index in [-0.39, 0.29) is 25.3 Å². The van der Waals surface area contributed by atoms with Crippen molar-refractivity contribution >= 4 is 11.9 Å². The first kappa shape index (κ1) is 17.8. The Morgan fingerprint density at radius 3 is 2.77 bits per heavy atom. The third-order valence-corrected chi connectivity index (χ3v) is 4.34. The smallest absolute Gasteiger partial charge is 0.343 e. The van der Waals surface area contributed by atoms with Gasteiger partial charge in [0, 0.05) is 30.9 Å². The Morgan fingerprint density at radius 1 is 1.27 bits per heavy atom. The summed E-state index contributed by atoms with van der Waals surface area (Å²) < 4.78 is 19.8. The summed E-state index contributed by atoms with van der Waals surface area (Å²) in [6.07, 6.45) is 3.29. The standard InChI is InChI=1S/C19H19FN2O4/c20-19(18(24)25)6-8-22(13-19)17(23)10-14-3-1-5-16(9-14)26-12-15-4-2-7-21-11-15/h1-5,7,9,11H,6,8,10,12-13H2,(H,24,25). The van der Waals surface area contributed by atoms with E-state index in [2.05, 4.69) is 4.98 Å². The maximum Gasteiger partial charge on any atom is 0.343 e. The van der Waals surface area contributed by atoms with Crippen molar-refractivity contribution in [2.75, 3.05) is 13.1 Å². The fourth-order valence-electron chi connectivity index (χ4n) is 2.84. The molecule has 136 valence electrons. The fourth-order valence-corrected chi connectivity index (χ4v) is 2.84. The number of aromatic nitrogens is 1. The van der Waals surface area contributed by atoms with Gasteiger partial charge in [0.2, 0.25) is 11.6 Å². The highest BCUT2D eigenvalue weighted by atomic mass is 19.1. The molecular formula is C19H19FN2O4. The van der Waals surface area contributed by atoms with Crippen molar-refractivity contribution in [3.8, 4) is 5.75 Å². The van der Waals surface area contributed by atoms with Crippen LogP contribution in [0.1, 0.15) is 17.5 Å². The molecule has 26 heavy (non-hydrogen) atoms. The van der Waals surface area contributed by atoms with E-state index >= 15 is 0 Å². The summed E-state index contributed by atoms with van der Waals surface area (Å²) in [6, 6.07) is 10.8. The summed E-state index contributed by atoms with van der Waals surface area (Å²) >= 11 is 0. The molecule has 2 aromatic rings. The van der Waals surface area contributed by atoms with Gasteiger partial charge in [-0.15, -0.1) is 0 Å². The Hall–Kier alpha value is -2.96. The van der Waals surface area contributed by atoms with E-state index in [0.29, 0.717) is 12.4 Å². The SMILES string of the molecule is O=C(Cc1cccc(OCc2cccnc2)c1)N1CCC(F)(C(=O)O)C1. The summed E-state index contributed by atoms with van der Waals surface area (Å²) in [5.74, 6) is -1.19. The van der Waals surface area contributed by atoms with Crippen LogP contribution in [0.3, 0.4) is 0 Å². The van der Waals surface area contributed by atoms with Crippen molar-refractivity contribution in [2.45, 2.75) is 25.1 Å².